The maximum atomic E-state index is 8.57. The van der Waals surface area contributed by atoms with Gasteiger partial charge in [0.1, 0.15) is 4.83 Å². The zero-order valence-electron chi connectivity index (χ0n) is 7.06. The summed E-state index contributed by atoms with van der Waals surface area (Å²) < 4.78 is 0. The minimum absolute atomic E-state index is 0.584. The van der Waals surface area contributed by atoms with Crippen LogP contribution in [-0.2, 0) is 0 Å². The summed E-state index contributed by atoms with van der Waals surface area (Å²) in [6.07, 6.45) is 1.72. The van der Waals surface area contributed by atoms with Crippen molar-refractivity contribution in [2.24, 2.45) is 5.16 Å². The molecule has 1 N–H and O–H groups in total. The quantitative estimate of drug-likeness (QED) is 0.428. The van der Waals surface area contributed by atoms with Gasteiger partial charge in [0.05, 0.1) is 5.71 Å². The molecule has 4 heteroatoms. The SMILES string of the molecule is C/C(=N\O)c1cnc2sccc2c1. The van der Waals surface area contributed by atoms with Gasteiger partial charge < -0.3 is 5.21 Å². The highest BCUT2D eigenvalue weighted by atomic mass is 32.1. The Bertz CT molecular complexity index is 461. The lowest BCUT2D eigenvalue weighted by Crippen LogP contribution is -1.94. The lowest BCUT2D eigenvalue weighted by molar-refractivity contribution is 0.319. The topological polar surface area (TPSA) is 45.5 Å². The second-order valence-corrected chi connectivity index (χ2v) is 3.62. The second kappa shape index (κ2) is 3.14. The lowest BCUT2D eigenvalue weighted by atomic mass is 10.2. The van der Waals surface area contributed by atoms with Crippen molar-refractivity contribution < 1.29 is 5.21 Å². The molecule has 0 radical (unpaired) electrons. The Hall–Kier alpha value is -1.42. The van der Waals surface area contributed by atoms with Gasteiger partial charge in [-0.3, -0.25) is 0 Å². The summed E-state index contributed by atoms with van der Waals surface area (Å²) in [7, 11) is 0. The van der Waals surface area contributed by atoms with Crippen molar-refractivity contribution in [3.63, 3.8) is 0 Å². The van der Waals surface area contributed by atoms with Gasteiger partial charge in [-0.2, -0.15) is 0 Å². The van der Waals surface area contributed by atoms with Crippen molar-refractivity contribution in [1.82, 2.24) is 4.98 Å². The van der Waals surface area contributed by atoms with E-state index in [1.54, 1.807) is 24.5 Å². The van der Waals surface area contributed by atoms with Crippen molar-refractivity contribution in [2.75, 3.05) is 0 Å². The number of hydrogen-bond acceptors (Lipinski definition) is 4. The highest BCUT2D eigenvalue weighted by molar-refractivity contribution is 7.16. The number of aromatic nitrogens is 1. The zero-order chi connectivity index (χ0) is 9.26. The van der Waals surface area contributed by atoms with E-state index in [4.69, 9.17) is 5.21 Å². The monoisotopic (exact) mass is 192 g/mol. The summed E-state index contributed by atoms with van der Waals surface area (Å²) in [6.45, 7) is 1.75. The Kier molecular flexibility index (Phi) is 1.98. The number of pyridine rings is 1. The van der Waals surface area contributed by atoms with Crippen LogP contribution in [0.2, 0.25) is 0 Å². The van der Waals surface area contributed by atoms with E-state index in [9.17, 15) is 0 Å². The van der Waals surface area contributed by atoms with Gasteiger partial charge >= 0.3 is 0 Å². The number of rotatable bonds is 1. The fraction of sp³-hybridized carbons (Fsp3) is 0.111. The summed E-state index contributed by atoms with van der Waals surface area (Å²) in [5.74, 6) is 0. The van der Waals surface area contributed by atoms with Crippen LogP contribution >= 0.6 is 11.3 Å². The Labute approximate surface area is 79.3 Å². The summed E-state index contributed by atoms with van der Waals surface area (Å²) in [6, 6.07) is 3.97. The van der Waals surface area contributed by atoms with E-state index in [0.29, 0.717) is 5.71 Å². The summed E-state index contributed by atoms with van der Waals surface area (Å²) in [4.78, 5) is 5.25. The molecule has 2 aromatic heterocycles. The van der Waals surface area contributed by atoms with E-state index < -0.39 is 0 Å². The normalized spacial score (nSPS) is 12.2. The van der Waals surface area contributed by atoms with Crippen LogP contribution in [0.5, 0.6) is 0 Å². The molecule has 0 amide bonds. The zero-order valence-corrected chi connectivity index (χ0v) is 7.88. The van der Waals surface area contributed by atoms with Crippen LogP contribution in [0, 0.1) is 0 Å². The van der Waals surface area contributed by atoms with E-state index in [2.05, 4.69) is 10.1 Å². The van der Waals surface area contributed by atoms with Gasteiger partial charge in [0.2, 0.25) is 0 Å². The first-order chi connectivity index (χ1) is 6.31. The molecule has 0 aliphatic carbocycles. The van der Waals surface area contributed by atoms with Gasteiger partial charge in [-0.15, -0.1) is 11.3 Å². The number of hydrogen-bond donors (Lipinski definition) is 1. The number of oxime groups is 1. The fourth-order valence-corrected chi connectivity index (χ4v) is 1.83. The largest absolute Gasteiger partial charge is 0.411 e. The van der Waals surface area contributed by atoms with Gasteiger partial charge in [-0.05, 0) is 24.4 Å². The summed E-state index contributed by atoms with van der Waals surface area (Å²) >= 11 is 1.60. The van der Waals surface area contributed by atoms with Crippen molar-refractivity contribution in [2.45, 2.75) is 6.92 Å². The molecule has 0 saturated heterocycles. The number of thiophene rings is 1. The molecule has 0 bridgehead atoms. The first-order valence-corrected chi connectivity index (χ1v) is 4.71. The third-order valence-corrected chi connectivity index (χ3v) is 2.71. The van der Waals surface area contributed by atoms with Crippen LogP contribution in [0.1, 0.15) is 12.5 Å². The Morgan fingerprint density at radius 2 is 2.46 bits per heavy atom. The van der Waals surface area contributed by atoms with Crippen molar-refractivity contribution in [3.8, 4) is 0 Å². The molecule has 0 aromatic carbocycles. The molecule has 0 spiro atoms. The molecule has 13 heavy (non-hydrogen) atoms. The highest BCUT2D eigenvalue weighted by Crippen LogP contribution is 2.19. The molecule has 3 nitrogen and oxygen atoms in total. The molecule has 0 aliphatic rings. The molecule has 66 valence electrons. The highest BCUT2D eigenvalue weighted by Gasteiger charge is 2.01. The first-order valence-electron chi connectivity index (χ1n) is 3.83. The molecule has 2 heterocycles. The van der Waals surface area contributed by atoms with Crippen LogP contribution in [-0.4, -0.2) is 15.9 Å². The van der Waals surface area contributed by atoms with Gasteiger partial charge in [-0.1, -0.05) is 5.16 Å². The predicted molar refractivity (Wildman–Crippen MR) is 53.6 cm³/mol. The van der Waals surface area contributed by atoms with Crippen LogP contribution in [0.15, 0.2) is 28.9 Å². The standard InChI is InChI=1S/C9H8N2OS/c1-6(11-12)8-4-7-2-3-13-9(7)10-5-8/h2-5,12H,1H3/b11-6+. The third kappa shape index (κ3) is 1.40. The molecular formula is C9H8N2OS. The first kappa shape index (κ1) is 8.19. The molecule has 0 fully saturated rings. The molecular weight excluding hydrogens is 184 g/mol. The predicted octanol–water partition coefficient (Wildman–Crippen LogP) is 2.49. The lowest BCUT2D eigenvalue weighted by Gasteiger charge is -1.96. The summed E-state index contributed by atoms with van der Waals surface area (Å²) in [5, 5.41) is 14.8. The molecule has 0 aliphatic heterocycles. The number of fused-ring (bicyclic) bond motifs is 1. The smallest absolute Gasteiger partial charge is 0.123 e. The second-order valence-electron chi connectivity index (χ2n) is 2.72. The van der Waals surface area contributed by atoms with E-state index >= 15 is 0 Å². The average molecular weight is 192 g/mol. The average Bonchev–Trinajstić information content (AvgIpc) is 2.63. The Morgan fingerprint density at radius 1 is 1.62 bits per heavy atom. The van der Waals surface area contributed by atoms with Crippen molar-refractivity contribution in [1.29, 1.82) is 0 Å². The van der Waals surface area contributed by atoms with Crippen LogP contribution in [0.3, 0.4) is 0 Å². The Morgan fingerprint density at radius 3 is 3.23 bits per heavy atom. The Balaban J connectivity index is 2.60. The van der Waals surface area contributed by atoms with Crippen molar-refractivity contribution >= 4 is 27.3 Å². The number of nitrogens with zero attached hydrogens (tertiary/aromatic N) is 2. The van der Waals surface area contributed by atoms with Gasteiger partial charge in [0.25, 0.3) is 0 Å². The maximum Gasteiger partial charge on any atom is 0.123 e. The van der Waals surface area contributed by atoms with Gasteiger partial charge in [0.15, 0.2) is 0 Å². The van der Waals surface area contributed by atoms with Crippen molar-refractivity contribution in [3.05, 3.63) is 29.3 Å². The van der Waals surface area contributed by atoms with Crippen LogP contribution in [0.25, 0.3) is 10.2 Å². The molecule has 0 atom stereocenters. The minimum Gasteiger partial charge on any atom is -0.411 e. The third-order valence-electron chi connectivity index (χ3n) is 1.87. The minimum atomic E-state index is 0.584. The van der Waals surface area contributed by atoms with Gasteiger partial charge in [-0.25, -0.2) is 4.98 Å². The molecule has 0 saturated carbocycles. The van der Waals surface area contributed by atoms with Gasteiger partial charge in [0, 0.05) is 17.1 Å². The van der Waals surface area contributed by atoms with E-state index in [1.165, 1.54) is 0 Å². The van der Waals surface area contributed by atoms with E-state index in [1.807, 2.05) is 17.5 Å². The maximum absolute atomic E-state index is 8.57. The van der Waals surface area contributed by atoms with E-state index in [0.717, 1.165) is 15.8 Å². The molecule has 2 aromatic rings. The molecule has 0 unspecified atom stereocenters. The van der Waals surface area contributed by atoms with Crippen LogP contribution < -0.4 is 0 Å². The van der Waals surface area contributed by atoms with Crippen LogP contribution in [0.4, 0.5) is 0 Å². The van der Waals surface area contributed by atoms with E-state index in [-0.39, 0.29) is 0 Å². The fourth-order valence-electron chi connectivity index (χ4n) is 1.11. The molecule has 2 rings (SSSR count). The summed E-state index contributed by atoms with van der Waals surface area (Å²) in [5.41, 5.74) is 1.44.